The van der Waals surface area contributed by atoms with E-state index >= 15 is 0 Å². The van der Waals surface area contributed by atoms with Gasteiger partial charge in [0.05, 0.1) is 0 Å². The summed E-state index contributed by atoms with van der Waals surface area (Å²) in [7, 11) is 0. The Balaban J connectivity index is 4.45. The quantitative estimate of drug-likeness (QED) is 0.0262. The lowest BCUT2D eigenvalue weighted by atomic mass is 10.1. The van der Waals surface area contributed by atoms with Crippen molar-refractivity contribution in [3.63, 3.8) is 0 Å². The van der Waals surface area contributed by atoms with Crippen molar-refractivity contribution >= 4 is 17.9 Å². The number of unbranched alkanes of at least 4 members (excludes halogenated alkanes) is 23. The van der Waals surface area contributed by atoms with Crippen LogP contribution >= 0.6 is 0 Å². The van der Waals surface area contributed by atoms with E-state index in [2.05, 4.69) is 93.7 Å². The van der Waals surface area contributed by atoms with Crippen LogP contribution in [-0.2, 0) is 28.6 Å². The van der Waals surface area contributed by atoms with Crippen molar-refractivity contribution in [3.8, 4) is 0 Å². The van der Waals surface area contributed by atoms with Gasteiger partial charge in [0.15, 0.2) is 6.10 Å². The molecule has 0 aliphatic carbocycles. The molecule has 0 aromatic rings. The third-order valence-electron chi connectivity index (χ3n) is 10.9. The van der Waals surface area contributed by atoms with E-state index in [0.717, 1.165) is 135 Å². The smallest absolute Gasteiger partial charge is 0.306 e. The maximum Gasteiger partial charge on any atom is 0.306 e. The maximum atomic E-state index is 12.8. The lowest BCUT2D eigenvalue weighted by Gasteiger charge is -2.18. The Kier molecular flexibility index (Phi) is 47.9. The van der Waals surface area contributed by atoms with Gasteiger partial charge in [-0.1, -0.05) is 196 Å². The van der Waals surface area contributed by atoms with Gasteiger partial charge in [-0.05, 0) is 103 Å². The van der Waals surface area contributed by atoms with Crippen LogP contribution < -0.4 is 0 Å². The van der Waals surface area contributed by atoms with Crippen LogP contribution in [0.15, 0.2) is 72.9 Å². The molecule has 1 atom stereocenters. The molecule has 6 heteroatoms. The molecule has 0 rings (SSSR count). The standard InChI is InChI=1S/C56H96O6/c1-4-7-10-13-16-19-22-25-28-31-34-37-40-43-46-49-55(58)61-52-53(51-60-54(57)48-45-42-39-36-33-30-27-24-21-18-15-12-9-6-3)62-56(59)50-47-44-41-38-35-32-29-26-23-20-17-14-11-8-5-2/h7,10,15-16,18-19,24-29,53H,4-6,8-9,11-14,17,20-23,30-52H2,1-3H3/b10-7-,18-15-,19-16-,27-24-,28-25-,29-26-. The third-order valence-corrected chi connectivity index (χ3v) is 10.9. The zero-order chi connectivity index (χ0) is 45.1. The molecule has 0 aromatic carbocycles. The molecule has 0 spiro atoms. The molecule has 1 unspecified atom stereocenters. The third kappa shape index (κ3) is 47.9. The monoisotopic (exact) mass is 865 g/mol. The van der Waals surface area contributed by atoms with E-state index < -0.39 is 6.10 Å². The predicted molar refractivity (Wildman–Crippen MR) is 265 cm³/mol. The fourth-order valence-corrected chi connectivity index (χ4v) is 7.00. The minimum atomic E-state index is -0.792. The van der Waals surface area contributed by atoms with Crippen LogP contribution in [0.25, 0.3) is 0 Å². The fourth-order valence-electron chi connectivity index (χ4n) is 7.00. The molecule has 0 radical (unpaired) electrons. The number of hydrogen-bond donors (Lipinski definition) is 0. The van der Waals surface area contributed by atoms with Crippen LogP contribution in [0.5, 0.6) is 0 Å². The van der Waals surface area contributed by atoms with Crippen LogP contribution in [0.1, 0.15) is 245 Å². The molecular formula is C56H96O6. The lowest BCUT2D eigenvalue weighted by molar-refractivity contribution is -0.167. The second-order valence-electron chi connectivity index (χ2n) is 17.0. The zero-order valence-corrected chi connectivity index (χ0v) is 40.6. The predicted octanol–water partition coefficient (Wildman–Crippen LogP) is 17.0. The summed E-state index contributed by atoms with van der Waals surface area (Å²) in [6, 6.07) is 0. The molecule has 0 aliphatic heterocycles. The second-order valence-corrected chi connectivity index (χ2v) is 17.0. The summed E-state index contributed by atoms with van der Waals surface area (Å²) in [5.74, 6) is -0.929. The number of allylic oxidation sites excluding steroid dienone is 12. The number of rotatable bonds is 46. The van der Waals surface area contributed by atoms with Crippen LogP contribution in [0.3, 0.4) is 0 Å². The van der Waals surface area contributed by atoms with Gasteiger partial charge in [-0.15, -0.1) is 0 Å². The van der Waals surface area contributed by atoms with Crippen molar-refractivity contribution in [2.24, 2.45) is 0 Å². The largest absolute Gasteiger partial charge is 0.462 e. The number of ether oxygens (including phenoxy) is 3. The SMILES string of the molecule is CC/C=C\C/C=C\C/C=C\CCCCCCCC(=O)OCC(COC(=O)CCCCCCC/C=C\C/C=C\CCCC)OC(=O)CCCCCCC/C=C\CCCCCCCC. The van der Waals surface area contributed by atoms with Gasteiger partial charge in [0, 0.05) is 19.3 Å². The van der Waals surface area contributed by atoms with E-state index in [4.69, 9.17) is 14.2 Å². The molecule has 0 aliphatic rings. The summed E-state index contributed by atoms with van der Waals surface area (Å²) in [4.78, 5) is 38.0. The molecule has 356 valence electrons. The highest BCUT2D eigenvalue weighted by molar-refractivity contribution is 5.71. The number of carbonyl (C=O) groups is 3. The molecular weight excluding hydrogens is 769 g/mol. The molecule has 62 heavy (non-hydrogen) atoms. The molecule has 0 fully saturated rings. The van der Waals surface area contributed by atoms with Gasteiger partial charge in [-0.2, -0.15) is 0 Å². The summed E-state index contributed by atoms with van der Waals surface area (Å²) in [5.41, 5.74) is 0. The Morgan fingerprint density at radius 3 is 1.05 bits per heavy atom. The van der Waals surface area contributed by atoms with E-state index in [0.29, 0.717) is 19.3 Å². The molecule has 0 saturated heterocycles. The van der Waals surface area contributed by atoms with Crippen molar-refractivity contribution < 1.29 is 28.6 Å². The van der Waals surface area contributed by atoms with Crippen molar-refractivity contribution in [2.45, 2.75) is 252 Å². The number of esters is 3. The Morgan fingerprint density at radius 2 is 0.645 bits per heavy atom. The first kappa shape index (κ1) is 58.9. The highest BCUT2D eigenvalue weighted by atomic mass is 16.6. The van der Waals surface area contributed by atoms with E-state index in [9.17, 15) is 14.4 Å². The van der Waals surface area contributed by atoms with Gasteiger partial charge < -0.3 is 14.2 Å². The van der Waals surface area contributed by atoms with E-state index in [1.165, 1.54) is 70.6 Å². The van der Waals surface area contributed by atoms with Gasteiger partial charge in [-0.25, -0.2) is 0 Å². The molecule has 0 aromatic heterocycles. The van der Waals surface area contributed by atoms with Crippen LogP contribution in [0, 0.1) is 0 Å². The summed E-state index contributed by atoms with van der Waals surface area (Å²) in [5, 5.41) is 0. The van der Waals surface area contributed by atoms with Gasteiger partial charge in [0.1, 0.15) is 13.2 Å². The van der Waals surface area contributed by atoms with E-state index in [1.54, 1.807) is 0 Å². The molecule has 0 amide bonds. The first-order valence-corrected chi connectivity index (χ1v) is 25.9. The molecule has 0 bridgehead atoms. The highest BCUT2D eigenvalue weighted by Crippen LogP contribution is 2.14. The summed E-state index contributed by atoms with van der Waals surface area (Å²) >= 11 is 0. The van der Waals surface area contributed by atoms with Crippen molar-refractivity contribution in [1.82, 2.24) is 0 Å². The zero-order valence-electron chi connectivity index (χ0n) is 40.6. The van der Waals surface area contributed by atoms with Crippen LogP contribution in [-0.4, -0.2) is 37.2 Å². The Labute approximate surface area is 382 Å². The minimum Gasteiger partial charge on any atom is -0.462 e. The Morgan fingerprint density at radius 1 is 0.339 bits per heavy atom. The molecule has 0 N–H and O–H groups in total. The lowest BCUT2D eigenvalue weighted by Crippen LogP contribution is -2.30. The van der Waals surface area contributed by atoms with Crippen molar-refractivity contribution in [1.29, 1.82) is 0 Å². The first-order chi connectivity index (χ1) is 30.5. The average Bonchev–Trinajstić information content (AvgIpc) is 3.27. The fraction of sp³-hybridized carbons (Fsp3) is 0.732. The van der Waals surface area contributed by atoms with E-state index in [1.807, 2.05) is 0 Å². The summed E-state index contributed by atoms with van der Waals surface area (Å²) in [6.07, 6.45) is 63.1. The van der Waals surface area contributed by atoms with E-state index in [-0.39, 0.29) is 31.1 Å². The Bertz CT molecular complexity index is 1180. The van der Waals surface area contributed by atoms with Crippen LogP contribution in [0.4, 0.5) is 0 Å². The van der Waals surface area contributed by atoms with Crippen molar-refractivity contribution in [3.05, 3.63) is 72.9 Å². The number of carbonyl (C=O) groups excluding carboxylic acids is 3. The summed E-state index contributed by atoms with van der Waals surface area (Å²) < 4.78 is 16.8. The van der Waals surface area contributed by atoms with Gasteiger partial charge in [0.25, 0.3) is 0 Å². The molecule has 6 nitrogen and oxygen atoms in total. The average molecular weight is 865 g/mol. The number of hydrogen-bond acceptors (Lipinski definition) is 6. The van der Waals surface area contributed by atoms with Gasteiger partial charge >= 0.3 is 17.9 Å². The minimum absolute atomic E-state index is 0.0919. The van der Waals surface area contributed by atoms with Gasteiger partial charge in [0.2, 0.25) is 0 Å². The Hall–Kier alpha value is -3.15. The topological polar surface area (TPSA) is 78.9 Å². The maximum absolute atomic E-state index is 12.8. The second kappa shape index (κ2) is 50.5. The van der Waals surface area contributed by atoms with Crippen molar-refractivity contribution in [2.75, 3.05) is 13.2 Å². The first-order valence-electron chi connectivity index (χ1n) is 25.9. The van der Waals surface area contributed by atoms with Crippen LogP contribution in [0.2, 0.25) is 0 Å². The molecule has 0 saturated carbocycles. The molecule has 0 heterocycles. The summed E-state index contributed by atoms with van der Waals surface area (Å²) in [6.45, 7) is 6.45. The normalized spacial score (nSPS) is 12.6. The highest BCUT2D eigenvalue weighted by Gasteiger charge is 2.19. The van der Waals surface area contributed by atoms with Gasteiger partial charge in [-0.3, -0.25) is 14.4 Å².